The lowest BCUT2D eigenvalue weighted by atomic mass is 9.92. The maximum Gasteiger partial charge on any atom is 0.261 e. The van der Waals surface area contributed by atoms with Gasteiger partial charge >= 0.3 is 0 Å². The number of carbonyl (C=O) groups excluding carboxylic acids is 1. The normalized spacial score (nSPS) is 20.6. The van der Waals surface area contributed by atoms with Gasteiger partial charge in [0.2, 0.25) is 10.0 Å². The maximum atomic E-state index is 14.1. The molecule has 12 heteroatoms. The van der Waals surface area contributed by atoms with Crippen LogP contribution in [0.4, 0.5) is 31.5 Å². The molecule has 2 aromatic carbocycles. The van der Waals surface area contributed by atoms with Crippen molar-refractivity contribution < 1.29 is 31.5 Å². The predicted molar refractivity (Wildman–Crippen MR) is 159 cm³/mol. The Labute approximate surface area is 245 Å². The molecular formula is C30H38F2N4O5S. The van der Waals surface area contributed by atoms with Gasteiger partial charge in [-0.05, 0) is 62.3 Å². The number of amides is 1. The standard InChI is InChI=1S/C30H38F2N4O5S/c1-3-42(38,39)34-22-19-24(36-13-9-29(7-8-29)10-14-36)26(27-21(22)6-17-41-27)28(37)33-20-4-5-25(40-2)23(18-20)35-15-11-30(31,32)12-16-35/h4-5,18-19,34H,3,6-17H2,1-2H3,(H,33,37). The van der Waals surface area contributed by atoms with Crippen LogP contribution >= 0.6 is 0 Å². The molecule has 0 atom stereocenters. The van der Waals surface area contributed by atoms with Gasteiger partial charge in [0.05, 0.1) is 36.5 Å². The van der Waals surface area contributed by atoms with Crippen molar-refractivity contribution in [3.05, 3.63) is 35.4 Å². The molecule has 0 aromatic heterocycles. The van der Waals surface area contributed by atoms with Crippen LogP contribution in [0.15, 0.2) is 24.3 Å². The van der Waals surface area contributed by atoms with E-state index in [9.17, 15) is 22.0 Å². The van der Waals surface area contributed by atoms with Gasteiger partial charge in [0.25, 0.3) is 11.8 Å². The van der Waals surface area contributed by atoms with E-state index in [1.54, 1.807) is 31.2 Å². The summed E-state index contributed by atoms with van der Waals surface area (Å²) in [6.45, 7) is 3.82. The lowest BCUT2D eigenvalue weighted by Crippen LogP contribution is -2.39. The highest BCUT2D eigenvalue weighted by Gasteiger charge is 2.45. The number of methoxy groups -OCH3 is 1. The van der Waals surface area contributed by atoms with E-state index in [1.165, 1.54) is 20.0 Å². The van der Waals surface area contributed by atoms with Gasteiger partial charge < -0.3 is 24.6 Å². The number of halogens is 2. The summed E-state index contributed by atoms with van der Waals surface area (Å²) in [5, 5.41) is 3.01. The topological polar surface area (TPSA) is 100 Å². The van der Waals surface area contributed by atoms with E-state index < -0.39 is 15.9 Å². The second kappa shape index (κ2) is 10.8. The zero-order valence-corrected chi connectivity index (χ0v) is 24.9. The molecule has 4 aliphatic rings. The summed E-state index contributed by atoms with van der Waals surface area (Å²) in [5.74, 6) is -2.19. The van der Waals surface area contributed by atoms with Gasteiger partial charge in [-0.25, -0.2) is 17.2 Å². The molecule has 1 amide bonds. The van der Waals surface area contributed by atoms with Crippen LogP contribution in [0.3, 0.4) is 0 Å². The Kier molecular flexibility index (Phi) is 7.39. The number of nitrogens with zero attached hydrogens (tertiary/aromatic N) is 2. The monoisotopic (exact) mass is 604 g/mol. The lowest BCUT2D eigenvalue weighted by molar-refractivity contribution is -0.0221. The Balaban J connectivity index is 1.34. The maximum absolute atomic E-state index is 14.1. The van der Waals surface area contributed by atoms with Gasteiger partial charge in [0.1, 0.15) is 17.1 Å². The Morgan fingerprint density at radius 1 is 1.00 bits per heavy atom. The second-order valence-corrected chi connectivity index (χ2v) is 13.9. The summed E-state index contributed by atoms with van der Waals surface area (Å²) in [6, 6.07) is 6.99. The number of benzene rings is 2. The Hall–Kier alpha value is -3.28. The number of carbonyl (C=O) groups is 1. The van der Waals surface area contributed by atoms with Crippen molar-refractivity contribution in [1.82, 2.24) is 0 Å². The third-order valence-corrected chi connectivity index (χ3v) is 10.5. The van der Waals surface area contributed by atoms with Gasteiger partial charge in [-0.1, -0.05) is 0 Å². The number of alkyl halides is 2. The molecule has 2 saturated heterocycles. The minimum atomic E-state index is -3.55. The number of sulfonamides is 1. The van der Waals surface area contributed by atoms with Crippen LogP contribution in [0.5, 0.6) is 11.5 Å². The minimum Gasteiger partial charge on any atom is -0.495 e. The Morgan fingerprint density at radius 3 is 2.31 bits per heavy atom. The molecule has 6 rings (SSSR count). The number of hydrogen-bond acceptors (Lipinski definition) is 7. The van der Waals surface area contributed by atoms with E-state index in [-0.39, 0.29) is 37.6 Å². The van der Waals surface area contributed by atoms with Gasteiger partial charge in [-0.3, -0.25) is 9.52 Å². The molecule has 2 N–H and O–H groups in total. The highest BCUT2D eigenvalue weighted by atomic mass is 32.2. The smallest absolute Gasteiger partial charge is 0.261 e. The van der Waals surface area contributed by atoms with Crippen molar-refractivity contribution in [3.8, 4) is 11.5 Å². The number of nitrogens with one attached hydrogen (secondary N) is 2. The zero-order valence-electron chi connectivity index (χ0n) is 24.1. The van der Waals surface area contributed by atoms with Gasteiger partial charge in [-0.15, -0.1) is 0 Å². The first-order chi connectivity index (χ1) is 20.0. The average molecular weight is 605 g/mol. The molecule has 228 valence electrons. The molecule has 3 fully saturated rings. The summed E-state index contributed by atoms with van der Waals surface area (Å²) < 4.78 is 67.0. The van der Waals surface area contributed by atoms with Crippen LogP contribution in [-0.2, 0) is 16.4 Å². The Bertz CT molecular complexity index is 1480. The van der Waals surface area contributed by atoms with Gasteiger partial charge in [0.15, 0.2) is 0 Å². The Morgan fingerprint density at radius 2 is 1.67 bits per heavy atom. The molecule has 0 radical (unpaired) electrons. The number of rotatable bonds is 8. The van der Waals surface area contributed by atoms with Crippen LogP contribution in [0, 0.1) is 5.41 Å². The van der Waals surface area contributed by atoms with E-state index in [0.717, 1.165) is 25.9 Å². The van der Waals surface area contributed by atoms with E-state index >= 15 is 0 Å². The van der Waals surface area contributed by atoms with Gasteiger partial charge in [0, 0.05) is 56.7 Å². The largest absolute Gasteiger partial charge is 0.495 e. The summed E-state index contributed by atoms with van der Waals surface area (Å²) in [5.41, 5.74) is 3.70. The molecule has 2 aromatic rings. The number of ether oxygens (including phenoxy) is 2. The molecule has 42 heavy (non-hydrogen) atoms. The van der Waals surface area contributed by atoms with E-state index in [1.807, 2.05) is 4.90 Å². The SMILES string of the molecule is CCS(=O)(=O)Nc1cc(N2CCC3(CC2)CC3)c(C(=O)Nc2ccc(OC)c(N3CCC(F)(F)CC3)c2)c2c1CCO2. The fraction of sp³-hybridized carbons (Fsp3) is 0.567. The third kappa shape index (κ3) is 5.69. The van der Waals surface area contributed by atoms with Crippen molar-refractivity contribution in [2.75, 3.05) is 65.5 Å². The van der Waals surface area contributed by atoms with Crippen molar-refractivity contribution in [2.24, 2.45) is 5.41 Å². The molecule has 1 spiro atoms. The summed E-state index contributed by atoms with van der Waals surface area (Å²) >= 11 is 0. The quantitative estimate of drug-likeness (QED) is 0.424. The summed E-state index contributed by atoms with van der Waals surface area (Å²) in [4.78, 5) is 18.1. The van der Waals surface area contributed by atoms with Crippen molar-refractivity contribution in [1.29, 1.82) is 0 Å². The predicted octanol–water partition coefficient (Wildman–Crippen LogP) is 5.26. The molecule has 9 nitrogen and oxygen atoms in total. The van der Waals surface area contributed by atoms with Crippen LogP contribution in [0.25, 0.3) is 0 Å². The number of fused-ring (bicyclic) bond motifs is 1. The van der Waals surface area contributed by atoms with Crippen LogP contribution < -0.4 is 29.3 Å². The van der Waals surface area contributed by atoms with Crippen molar-refractivity contribution >= 4 is 38.7 Å². The molecule has 3 heterocycles. The van der Waals surface area contributed by atoms with E-state index in [0.29, 0.717) is 63.8 Å². The minimum absolute atomic E-state index is 0.0686. The molecule has 3 aliphatic heterocycles. The van der Waals surface area contributed by atoms with Crippen molar-refractivity contribution in [2.45, 2.75) is 57.8 Å². The van der Waals surface area contributed by atoms with Gasteiger partial charge in [-0.2, -0.15) is 0 Å². The molecule has 1 aliphatic carbocycles. The average Bonchev–Trinajstić information content (AvgIpc) is 3.52. The molecule has 0 bridgehead atoms. The third-order valence-electron chi connectivity index (χ3n) is 9.23. The first kappa shape index (κ1) is 28.8. The zero-order chi connectivity index (χ0) is 29.7. The first-order valence-electron chi connectivity index (χ1n) is 14.7. The summed E-state index contributed by atoms with van der Waals surface area (Å²) in [6.07, 6.45) is 4.51. The van der Waals surface area contributed by atoms with Crippen LogP contribution in [0.2, 0.25) is 0 Å². The second-order valence-electron chi connectivity index (χ2n) is 11.9. The van der Waals surface area contributed by atoms with E-state index in [2.05, 4.69) is 14.9 Å². The fourth-order valence-corrected chi connectivity index (χ4v) is 6.99. The van der Waals surface area contributed by atoms with E-state index in [4.69, 9.17) is 9.47 Å². The van der Waals surface area contributed by atoms with Crippen LogP contribution in [0.1, 0.15) is 61.4 Å². The number of piperidine rings is 2. The molecule has 0 unspecified atom stereocenters. The lowest BCUT2D eigenvalue weighted by Gasteiger charge is -2.35. The number of anilines is 4. The van der Waals surface area contributed by atoms with Crippen LogP contribution in [-0.4, -0.2) is 65.9 Å². The first-order valence-corrected chi connectivity index (χ1v) is 16.4. The molecular weight excluding hydrogens is 566 g/mol. The number of hydrogen-bond donors (Lipinski definition) is 2. The highest BCUT2D eigenvalue weighted by Crippen LogP contribution is 2.54. The van der Waals surface area contributed by atoms with Crippen molar-refractivity contribution in [3.63, 3.8) is 0 Å². The highest BCUT2D eigenvalue weighted by molar-refractivity contribution is 7.92. The molecule has 1 saturated carbocycles. The summed E-state index contributed by atoms with van der Waals surface area (Å²) in [7, 11) is -2.02. The fourth-order valence-electron chi connectivity index (χ4n) is 6.33.